The van der Waals surface area contributed by atoms with E-state index in [1.54, 1.807) is 0 Å². The number of rotatable bonds is 7. The number of aliphatic hydroxyl groups excluding tert-OH is 8. The zero-order valence-electron chi connectivity index (χ0n) is 36.8. The monoisotopic (exact) mass is 897 g/mol. The molecule has 4 bridgehead atoms. The molecule has 0 aromatic rings. The Labute approximate surface area is 367 Å². The smallest absolute Gasteiger partial charge is 0.187 e. The fraction of sp³-hybridized carbons (Fsp3) is 0.911. The van der Waals surface area contributed by atoms with Gasteiger partial charge in [0.15, 0.2) is 18.9 Å². The van der Waals surface area contributed by atoms with Crippen molar-refractivity contribution in [1.29, 1.82) is 0 Å². The molecule has 8 rings (SSSR count). The Hall–Kier alpha value is -1.72. The van der Waals surface area contributed by atoms with E-state index in [4.69, 9.17) is 33.2 Å². The van der Waals surface area contributed by atoms with Gasteiger partial charge in [0, 0.05) is 12.8 Å². The van der Waals surface area contributed by atoms with Crippen LogP contribution in [-0.2, 0) is 42.7 Å². The Morgan fingerprint density at radius 1 is 0.714 bits per heavy atom. The molecular weight excluding hydrogens is 828 g/mol. The minimum atomic E-state index is -2.08. The Bertz CT molecular complexity index is 1680. The number of allylic oxidation sites excluding steroid dienone is 1. The molecule has 0 unspecified atom stereocenters. The van der Waals surface area contributed by atoms with E-state index in [1.807, 2.05) is 0 Å². The molecule has 4 heterocycles. The number of carbonyl (C=O) groups excluding carboxylic acids is 2. The molecule has 18 heteroatoms. The van der Waals surface area contributed by atoms with E-state index in [-0.39, 0.29) is 41.1 Å². The zero-order valence-corrected chi connectivity index (χ0v) is 36.8. The highest BCUT2D eigenvalue weighted by atomic mass is 16.8. The molecule has 8 aliphatic rings. The summed E-state index contributed by atoms with van der Waals surface area (Å²) in [6.07, 6.45) is -19.1. The van der Waals surface area contributed by atoms with Crippen LogP contribution in [0.1, 0.15) is 92.4 Å². The van der Waals surface area contributed by atoms with Crippen molar-refractivity contribution in [1.82, 2.24) is 0 Å². The molecule has 7 fully saturated rings. The number of ether oxygens (including phenoxy) is 7. The second kappa shape index (κ2) is 18.4. The first kappa shape index (κ1) is 47.8. The first-order chi connectivity index (χ1) is 29.8. The third-order valence-corrected chi connectivity index (χ3v) is 16.6. The summed E-state index contributed by atoms with van der Waals surface area (Å²) in [5.41, 5.74) is 0.957. The number of aliphatic carboxylic acids is 1. The number of hydrogen-bond donors (Lipinski definition) is 8. The summed E-state index contributed by atoms with van der Waals surface area (Å²) in [6.45, 7) is 9.93. The van der Waals surface area contributed by atoms with Crippen LogP contribution in [0.4, 0.5) is 0 Å². The van der Waals surface area contributed by atoms with Crippen LogP contribution in [0.5, 0.6) is 0 Å². The van der Waals surface area contributed by atoms with Gasteiger partial charge >= 0.3 is 0 Å². The second-order valence-corrected chi connectivity index (χ2v) is 20.9. The van der Waals surface area contributed by atoms with E-state index in [9.17, 15) is 55.5 Å². The summed E-state index contributed by atoms with van der Waals surface area (Å²) < 4.78 is 43.2. The quantitative estimate of drug-likeness (QED) is 0.140. The van der Waals surface area contributed by atoms with E-state index in [0.29, 0.717) is 49.7 Å². The van der Waals surface area contributed by atoms with Crippen molar-refractivity contribution in [3.8, 4) is 0 Å². The van der Waals surface area contributed by atoms with Crippen molar-refractivity contribution < 1.29 is 88.7 Å². The van der Waals surface area contributed by atoms with Gasteiger partial charge in [0.2, 0.25) is 0 Å². The fourth-order valence-corrected chi connectivity index (χ4v) is 13.3. The number of aliphatic hydroxyl groups is 8. The molecule has 3 saturated carbocycles. The molecule has 0 amide bonds. The van der Waals surface area contributed by atoms with Crippen molar-refractivity contribution >= 4 is 11.8 Å². The van der Waals surface area contributed by atoms with Crippen LogP contribution in [0.15, 0.2) is 11.6 Å². The van der Waals surface area contributed by atoms with Crippen molar-refractivity contribution in [3.05, 3.63) is 11.6 Å². The lowest BCUT2D eigenvalue weighted by Gasteiger charge is -2.60. The largest absolute Gasteiger partial charge is 0.547 e. The molecule has 358 valence electrons. The molecule has 8 N–H and O–H groups in total. The standard InChI is InChI=1S/C45H70O18/c1-18(2)12-20(47)13-19(3)23-6-7-24-22-15-27-26-14-21(8-10-45(26,5)25(22)9-11-44(23,24)4)58-42-39(35(53)34(52)37(61-42)40(55)56)63-43-38(33(51)30(48)28(16-46)59-43)62-41-36(54)32(50)31(49)29(60-41)17-57-27/h15,18-19,21,23-39,41-43,46,48-54H,6-14,16-17H2,1-5H3,(H,55,56)/p-1/t19-,21+,23-,24+,25+,26-,27-,28-,29-,30+,31-,32+,33+,34+,35+,36-,37+,38-,39-,41+,42-,43+,44-,45-/m1/s1. The summed E-state index contributed by atoms with van der Waals surface area (Å²) in [5, 5.41) is 100. The van der Waals surface area contributed by atoms with Gasteiger partial charge in [0.1, 0.15) is 79.0 Å². The summed E-state index contributed by atoms with van der Waals surface area (Å²) in [7, 11) is 0. The summed E-state index contributed by atoms with van der Waals surface area (Å²) >= 11 is 0. The Kier molecular flexibility index (Phi) is 14.0. The minimum Gasteiger partial charge on any atom is -0.547 e. The Morgan fingerprint density at radius 3 is 2.05 bits per heavy atom. The van der Waals surface area contributed by atoms with Gasteiger partial charge in [-0.25, -0.2) is 0 Å². The molecule has 4 aliphatic heterocycles. The number of hydrogen-bond acceptors (Lipinski definition) is 18. The predicted octanol–water partition coefficient (Wildman–Crippen LogP) is -1.19. The van der Waals surface area contributed by atoms with Gasteiger partial charge in [0.05, 0.1) is 31.4 Å². The fourth-order valence-electron chi connectivity index (χ4n) is 13.3. The second-order valence-electron chi connectivity index (χ2n) is 20.9. The number of carboxylic acid groups (broad SMARTS) is 1. The zero-order chi connectivity index (χ0) is 45.4. The van der Waals surface area contributed by atoms with Crippen LogP contribution in [0.25, 0.3) is 0 Å². The highest BCUT2D eigenvalue weighted by Gasteiger charge is 2.62. The third kappa shape index (κ3) is 8.60. The van der Waals surface area contributed by atoms with Gasteiger partial charge in [-0.15, -0.1) is 0 Å². The average molecular weight is 898 g/mol. The number of carboxylic acids is 1. The SMILES string of the molecule is CC(C)CC(=O)C[C@@H](C)[C@H]1CC[C@H]2C3=C[C@H]4OC[C@H]5O[C@@H](O[C@H]6[C@H](O[C@H]7[C@H](O[C@H]8CC[C@@](C)([C@@H]4C8)[C@H]3CC[C@]12C)O[C@H](C(=O)[O-])[C@@H](O)[C@@H]7O)O[C@H](CO)[C@H](O)[C@@H]6O)[C@H](O)[C@@H](O)[C@@H]5O. The van der Waals surface area contributed by atoms with Crippen molar-refractivity contribution in [2.75, 3.05) is 13.2 Å². The number of carbonyl (C=O) groups is 2. The number of Topliss-reactive ketones (excluding diaryl/α,β-unsaturated/α-hetero) is 1. The van der Waals surface area contributed by atoms with Gasteiger partial charge in [-0.05, 0) is 91.3 Å². The van der Waals surface area contributed by atoms with E-state index < -0.39 is 117 Å². The third-order valence-electron chi connectivity index (χ3n) is 16.6. The molecule has 4 saturated heterocycles. The number of ketones is 1. The lowest BCUT2D eigenvalue weighted by molar-refractivity contribution is -0.401. The van der Waals surface area contributed by atoms with Crippen LogP contribution in [0.2, 0.25) is 0 Å². The number of fused-ring (bicyclic) bond motifs is 9. The average Bonchev–Trinajstić information content (AvgIpc) is 3.59. The molecule has 24 atom stereocenters. The Morgan fingerprint density at radius 2 is 1.37 bits per heavy atom. The first-order valence-electron chi connectivity index (χ1n) is 23.1. The van der Waals surface area contributed by atoms with E-state index >= 15 is 0 Å². The molecule has 0 aromatic heterocycles. The van der Waals surface area contributed by atoms with Crippen molar-refractivity contribution in [3.63, 3.8) is 0 Å². The van der Waals surface area contributed by atoms with Crippen molar-refractivity contribution in [2.24, 2.45) is 46.3 Å². The van der Waals surface area contributed by atoms with Crippen LogP contribution in [-0.4, -0.2) is 170 Å². The van der Waals surface area contributed by atoms with E-state index in [2.05, 4.69) is 40.7 Å². The summed E-state index contributed by atoms with van der Waals surface area (Å²) in [5.74, 6) is -0.396. The highest BCUT2D eigenvalue weighted by Crippen LogP contribution is 2.67. The summed E-state index contributed by atoms with van der Waals surface area (Å²) in [4.78, 5) is 25.2. The molecule has 0 aromatic carbocycles. The van der Waals surface area contributed by atoms with Gasteiger partial charge < -0.3 is 83.9 Å². The van der Waals surface area contributed by atoms with E-state index in [1.165, 1.54) is 5.57 Å². The predicted molar refractivity (Wildman–Crippen MR) is 213 cm³/mol. The lowest BCUT2D eigenvalue weighted by Crippen LogP contribution is -2.68. The Balaban J connectivity index is 1.15. The van der Waals surface area contributed by atoms with Gasteiger partial charge in [-0.2, -0.15) is 0 Å². The van der Waals surface area contributed by atoms with Crippen LogP contribution >= 0.6 is 0 Å². The first-order valence-corrected chi connectivity index (χ1v) is 23.1. The molecule has 0 spiro atoms. The van der Waals surface area contributed by atoms with Crippen LogP contribution in [0.3, 0.4) is 0 Å². The van der Waals surface area contributed by atoms with Crippen LogP contribution in [0, 0.1) is 46.3 Å². The van der Waals surface area contributed by atoms with E-state index in [0.717, 1.165) is 25.7 Å². The maximum atomic E-state index is 13.0. The van der Waals surface area contributed by atoms with Gasteiger partial charge in [-0.1, -0.05) is 46.3 Å². The maximum absolute atomic E-state index is 13.0. The molecule has 0 radical (unpaired) electrons. The van der Waals surface area contributed by atoms with Gasteiger partial charge in [0.25, 0.3) is 0 Å². The summed E-state index contributed by atoms with van der Waals surface area (Å²) in [6, 6.07) is 0. The van der Waals surface area contributed by atoms with Gasteiger partial charge in [-0.3, -0.25) is 4.79 Å². The highest BCUT2D eigenvalue weighted by molar-refractivity contribution is 5.78. The molecule has 18 nitrogen and oxygen atoms in total. The molecule has 4 aliphatic carbocycles. The topological polar surface area (TPSA) is 284 Å². The maximum Gasteiger partial charge on any atom is 0.187 e. The molecular formula is C45H69O18-. The normalized spacial score (nSPS) is 51.8. The molecule has 63 heavy (non-hydrogen) atoms. The van der Waals surface area contributed by atoms with Crippen molar-refractivity contribution in [2.45, 2.75) is 197 Å². The lowest BCUT2D eigenvalue weighted by atomic mass is 9.47. The van der Waals surface area contributed by atoms with Crippen LogP contribution < -0.4 is 5.11 Å². The minimum absolute atomic E-state index is 0.0422.